The minimum atomic E-state index is -1.26. The van der Waals surface area contributed by atoms with E-state index in [1.165, 1.54) is 26.4 Å². The summed E-state index contributed by atoms with van der Waals surface area (Å²) in [5.74, 6) is -1.54. The Kier molecular flexibility index (Phi) is 5.35. The van der Waals surface area contributed by atoms with Gasteiger partial charge >= 0.3 is 12.0 Å². The monoisotopic (exact) mass is 297 g/mol. The number of hydrogen-bond acceptors (Lipinski definition) is 5. The Labute approximate surface area is 120 Å². The summed E-state index contributed by atoms with van der Waals surface area (Å²) in [6.07, 6.45) is 0. The maximum atomic E-state index is 11.6. The molecule has 114 valence electrons. The lowest BCUT2D eigenvalue weighted by Crippen LogP contribution is -2.36. The van der Waals surface area contributed by atoms with Crippen molar-refractivity contribution in [2.75, 3.05) is 26.1 Å². The molecular formula is C12H15N3O6. The molecule has 0 saturated heterocycles. The van der Waals surface area contributed by atoms with Crippen LogP contribution < -0.4 is 25.8 Å². The molecule has 1 aromatic carbocycles. The van der Waals surface area contributed by atoms with E-state index in [9.17, 15) is 14.4 Å². The predicted octanol–water partition coefficient (Wildman–Crippen LogP) is 0.00880. The van der Waals surface area contributed by atoms with Gasteiger partial charge in [-0.3, -0.25) is 4.79 Å². The highest BCUT2D eigenvalue weighted by Crippen LogP contribution is 2.33. The summed E-state index contributed by atoms with van der Waals surface area (Å²) >= 11 is 0. The first-order chi connectivity index (χ1) is 9.88. The minimum Gasteiger partial charge on any atom is -0.493 e. The first-order valence-electron chi connectivity index (χ1n) is 5.71. The first kappa shape index (κ1) is 16.1. The van der Waals surface area contributed by atoms with Crippen molar-refractivity contribution in [3.05, 3.63) is 17.7 Å². The van der Waals surface area contributed by atoms with Gasteiger partial charge in [-0.2, -0.15) is 0 Å². The van der Waals surface area contributed by atoms with E-state index in [0.717, 1.165) is 0 Å². The third-order valence-electron chi connectivity index (χ3n) is 2.43. The topological polar surface area (TPSA) is 140 Å². The zero-order valence-corrected chi connectivity index (χ0v) is 11.4. The number of amides is 3. The van der Waals surface area contributed by atoms with E-state index >= 15 is 0 Å². The molecule has 0 spiro atoms. The van der Waals surface area contributed by atoms with Crippen LogP contribution in [0.15, 0.2) is 12.1 Å². The number of anilines is 1. The van der Waals surface area contributed by atoms with Crippen LogP contribution in [0.2, 0.25) is 0 Å². The molecule has 0 aromatic heterocycles. The van der Waals surface area contributed by atoms with E-state index in [0.29, 0.717) is 0 Å². The molecule has 3 amide bonds. The largest absolute Gasteiger partial charge is 0.493 e. The number of ether oxygens (including phenoxy) is 2. The van der Waals surface area contributed by atoms with Crippen molar-refractivity contribution in [2.24, 2.45) is 5.73 Å². The third kappa shape index (κ3) is 4.27. The molecule has 0 saturated carbocycles. The van der Waals surface area contributed by atoms with E-state index in [-0.39, 0.29) is 29.3 Å². The van der Waals surface area contributed by atoms with Gasteiger partial charge in [0.05, 0.1) is 32.0 Å². The van der Waals surface area contributed by atoms with E-state index in [2.05, 4.69) is 10.6 Å². The Morgan fingerprint density at radius 3 is 2.24 bits per heavy atom. The second-order valence-electron chi connectivity index (χ2n) is 3.83. The highest BCUT2D eigenvalue weighted by atomic mass is 16.5. The van der Waals surface area contributed by atoms with Crippen LogP contribution in [0.3, 0.4) is 0 Å². The van der Waals surface area contributed by atoms with Crippen molar-refractivity contribution < 1.29 is 29.0 Å². The summed E-state index contributed by atoms with van der Waals surface area (Å²) < 4.78 is 10.0. The number of carboxylic acid groups (broad SMARTS) is 1. The number of hydrogen-bond donors (Lipinski definition) is 4. The number of primary amides is 1. The third-order valence-corrected chi connectivity index (χ3v) is 2.43. The number of nitrogens with two attached hydrogens (primary N) is 1. The second-order valence-corrected chi connectivity index (χ2v) is 3.83. The van der Waals surface area contributed by atoms with E-state index in [1.807, 2.05) is 0 Å². The average molecular weight is 297 g/mol. The van der Waals surface area contributed by atoms with Crippen LogP contribution in [-0.4, -0.2) is 43.8 Å². The molecule has 9 nitrogen and oxygen atoms in total. The molecule has 0 aliphatic rings. The number of benzene rings is 1. The van der Waals surface area contributed by atoms with Crippen LogP contribution in [0.1, 0.15) is 10.4 Å². The average Bonchev–Trinajstić information content (AvgIpc) is 2.44. The number of urea groups is 1. The minimum absolute atomic E-state index is 0.0119. The lowest BCUT2D eigenvalue weighted by atomic mass is 10.1. The van der Waals surface area contributed by atoms with Gasteiger partial charge in [0.25, 0.3) is 0 Å². The molecule has 1 aromatic rings. The lowest BCUT2D eigenvalue weighted by molar-refractivity contribution is -0.117. The van der Waals surface area contributed by atoms with Crippen molar-refractivity contribution in [3.63, 3.8) is 0 Å². The van der Waals surface area contributed by atoms with Crippen molar-refractivity contribution in [3.8, 4) is 11.5 Å². The zero-order chi connectivity index (χ0) is 16.0. The number of methoxy groups -OCH3 is 2. The Hall–Kier alpha value is -2.97. The summed E-state index contributed by atoms with van der Waals surface area (Å²) in [5.41, 5.74) is 4.68. The Morgan fingerprint density at radius 1 is 1.19 bits per heavy atom. The molecule has 0 fully saturated rings. The smallest absolute Gasteiger partial charge is 0.337 e. The second kappa shape index (κ2) is 6.98. The van der Waals surface area contributed by atoms with Crippen molar-refractivity contribution in [2.45, 2.75) is 0 Å². The molecule has 9 heteroatoms. The van der Waals surface area contributed by atoms with Crippen molar-refractivity contribution in [1.29, 1.82) is 0 Å². The maximum Gasteiger partial charge on any atom is 0.337 e. The van der Waals surface area contributed by atoms with Crippen LogP contribution in [0.4, 0.5) is 10.5 Å². The highest BCUT2D eigenvalue weighted by Gasteiger charge is 2.17. The van der Waals surface area contributed by atoms with Gasteiger partial charge < -0.3 is 30.9 Å². The van der Waals surface area contributed by atoms with Crippen molar-refractivity contribution in [1.82, 2.24) is 5.32 Å². The number of rotatable bonds is 6. The molecule has 0 heterocycles. The predicted molar refractivity (Wildman–Crippen MR) is 72.7 cm³/mol. The molecule has 0 aliphatic carbocycles. The maximum absolute atomic E-state index is 11.6. The lowest BCUT2D eigenvalue weighted by Gasteiger charge is -2.13. The van der Waals surface area contributed by atoms with E-state index in [1.54, 1.807) is 0 Å². The number of nitrogens with one attached hydrogen (secondary N) is 2. The Balaban J connectivity index is 3.06. The summed E-state index contributed by atoms with van der Waals surface area (Å²) in [4.78, 5) is 33.3. The van der Waals surface area contributed by atoms with Crippen LogP contribution in [0.25, 0.3) is 0 Å². The summed E-state index contributed by atoms with van der Waals surface area (Å²) in [6, 6.07) is 1.74. The molecule has 0 unspecified atom stereocenters. The molecule has 0 atom stereocenters. The Morgan fingerprint density at radius 2 is 1.76 bits per heavy atom. The standard InChI is InChI=1S/C12H15N3O6/c1-20-8-3-6(11(17)18)7(4-9(8)21-2)15-12(19)14-5-10(13)16/h3-4H,5H2,1-2H3,(H2,13,16)(H,17,18)(H2,14,15,19). The summed E-state index contributed by atoms with van der Waals surface area (Å²) in [7, 11) is 2.73. The normalized spacial score (nSPS) is 9.62. The Bertz CT molecular complexity index is 572. The van der Waals surface area contributed by atoms with Crippen LogP contribution in [-0.2, 0) is 4.79 Å². The summed E-state index contributed by atoms with van der Waals surface area (Å²) in [5, 5.41) is 13.6. The zero-order valence-electron chi connectivity index (χ0n) is 11.4. The number of carbonyl (C=O) groups excluding carboxylic acids is 2. The fourth-order valence-corrected chi connectivity index (χ4v) is 1.49. The van der Waals surface area contributed by atoms with Crippen LogP contribution >= 0.6 is 0 Å². The quantitative estimate of drug-likeness (QED) is 0.583. The van der Waals surface area contributed by atoms with Gasteiger partial charge in [0.1, 0.15) is 0 Å². The van der Waals surface area contributed by atoms with Gasteiger partial charge in [0.2, 0.25) is 5.91 Å². The van der Waals surface area contributed by atoms with Gasteiger partial charge in [0, 0.05) is 12.1 Å². The molecule has 0 bridgehead atoms. The van der Waals surface area contributed by atoms with Crippen LogP contribution in [0.5, 0.6) is 11.5 Å². The number of carbonyl (C=O) groups is 3. The molecular weight excluding hydrogens is 282 g/mol. The van der Waals surface area contributed by atoms with E-state index in [4.69, 9.17) is 20.3 Å². The molecule has 1 rings (SSSR count). The van der Waals surface area contributed by atoms with Gasteiger partial charge in [-0.25, -0.2) is 9.59 Å². The van der Waals surface area contributed by atoms with E-state index < -0.39 is 17.9 Å². The number of carboxylic acids is 1. The highest BCUT2D eigenvalue weighted by molar-refractivity contribution is 6.01. The van der Waals surface area contributed by atoms with Gasteiger partial charge in [-0.15, -0.1) is 0 Å². The summed E-state index contributed by atoms with van der Waals surface area (Å²) in [6.45, 7) is -0.373. The molecule has 5 N–H and O–H groups in total. The van der Waals surface area contributed by atoms with Crippen molar-refractivity contribution >= 4 is 23.6 Å². The first-order valence-corrected chi connectivity index (χ1v) is 5.71. The fraction of sp³-hybridized carbons (Fsp3) is 0.250. The SMILES string of the molecule is COc1cc(NC(=O)NCC(N)=O)c(C(=O)O)cc1OC. The van der Waals surface area contributed by atoms with Gasteiger partial charge in [0.15, 0.2) is 11.5 Å². The van der Waals surface area contributed by atoms with Crippen LogP contribution in [0, 0.1) is 0 Å². The van der Waals surface area contributed by atoms with Gasteiger partial charge in [-0.05, 0) is 0 Å². The molecule has 0 radical (unpaired) electrons. The molecule has 21 heavy (non-hydrogen) atoms. The fourth-order valence-electron chi connectivity index (χ4n) is 1.49. The molecule has 0 aliphatic heterocycles. The van der Waals surface area contributed by atoms with Gasteiger partial charge in [-0.1, -0.05) is 0 Å². The number of aromatic carboxylic acids is 1.